The van der Waals surface area contributed by atoms with Crippen LogP contribution in [0.2, 0.25) is 0 Å². The third-order valence-electron chi connectivity index (χ3n) is 7.19. The fraction of sp³-hybridized carbons (Fsp3) is 0.226. The summed E-state index contributed by atoms with van der Waals surface area (Å²) in [7, 11) is 0. The number of aromatic nitrogens is 6. The second-order valence-electron chi connectivity index (χ2n) is 9.80. The third kappa shape index (κ3) is 4.80. The number of nitrogens with zero attached hydrogens (tertiary/aromatic N) is 5. The van der Waals surface area contributed by atoms with Gasteiger partial charge in [-0.15, -0.1) is 0 Å². The Morgan fingerprint density at radius 2 is 1.89 bits per heavy atom. The molecule has 0 aliphatic carbocycles. The van der Waals surface area contributed by atoms with Gasteiger partial charge in [-0.05, 0) is 85.5 Å². The summed E-state index contributed by atoms with van der Waals surface area (Å²) in [5, 5.41) is 9.68. The van der Waals surface area contributed by atoms with Crippen molar-refractivity contribution in [3.8, 4) is 22.6 Å². The maximum Gasteiger partial charge on any atom is 0.159 e. The molecule has 1 aliphatic heterocycles. The summed E-state index contributed by atoms with van der Waals surface area (Å²) in [6.45, 7) is 9.64. The molecule has 0 saturated carbocycles. The molecule has 6 rings (SSSR count). The molecule has 0 amide bonds. The molecule has 5 heterocycles. The van der Waals surface area contributed by atoms with E-state index in [9.17, 15) is 0 Å². The second kappa shape index (κ2) is 10.6. The first-order valence-electron chi connectivity index (χ1n) is 13.2. The Labute approximate surface area is 221 Å². The number of hydrogen-bond donors (Lipinski definition) is 2. The average molecular weight is 502 g/mol. The Bertz CT molecular complexity index is 1710. The first-order valence-corrected chi connectivity index (χ1v) is 13.2. The number of benzene rings is 1. The van der Waals surface area contributed by atoms with Gasteiger partial charge in [0.25, 0.3) is 0 Å². The van der Waals surface area contributed by atoms with Crippen LogP contribution in [0, 0.1) is 0 Å². The topological polar surface area (TPSA) is 86.4 Å². The molecule has 0 spiro atoms. The maximum atomic E-state index is 4.99. The van der Waals surface area contributed by atoms with Crippen molar-refractivity contribution in [3.05, 3.63) is 89.5 Å². The van der Waals surface area contributed by atoms with Crippen molar-refractivity contribution < 1.29 is 0 Å². The number of H-pyrrole nitrogens is 2. The third-order valence-corrected chi connectivity index (χ3v) is 7.19. The van der Waals surface area contributed by atoms with Gasteiger partial charge in [0.2, 0.25) is 0 Å². The first-order chi connectivity index (χ1) is 18.7. The highest BCUT2D eigenvalue weighted by atomic mass is 15.1. The highest BCUT2D eigenvalue weighted by Gasteiger charge is 2.15. The lowest BCUT2D eigenvalue weighted by molar-refractivity contribution is 0.220. The van der Waals surface area contributed by atoms with Crippen LogP contribution < -0.4 is 10.6 Å². The van der Waals surface area contributed by atoms with Gasteiger partial charge in [0, 0.05) is 42.1 Å². The van der Waals surface area contributed by atoms with Crippen LogP contribution in [0.25, 0.3) is 51.4 Å². The van der Waals surface area contributed by atoms with E-state index in [0.29, 0.717) is 5.82 Å². The molecule has 1 saturated heterocycles. The van der Waals surface area contributed by atoms with E-state index in [1.54, 1.807) is 12.4 Å². The van der Waals surface area contributed by atoms with E-state index in [4.69, 9.17) is 4.98 Å². The number of allylic oxidation sites excluding steroid dienone is 1. The van der Waals surface area contributed by atoms with Crippen molar-refractivity contribution in [1.82, 2.24) is 35.0 Å². The molecule has 1 fully saturated rings. The molecule has 0 unspecified atom stereocenters. The number of imidazole rings is 1. The van der Waals surface area contributed by atoms with Crippen molar-refractivity contribution >= 4 is 28.8 Å². The van der Waals surface area contributed by atoms with E-state index in [0.717, 1.165) is 69.2 Å². The summed E-state index contributed by atoms with van der Waals surface area (Å²) in [5.41, 5.74) is 7.86. The van der Waals surface area contributed by atoms with Crippen LogP contribution >= 0.6 is 0 Å². The number of pyridine rings is 2. The van der Waals surface area contributed by atoms with E-state index >= 15 is 0 Å². The number of rotatable bonds is 6. The normalized spacial score (nSPS) is 15.4. The SMILES string of the molecule is C=C(/C=c1/c(-c2nc3c(-c4ccncc4)cccc3[nH]2)n[nH]/c1=C/C)c1cncc(CN2CCCCC2)c1. The van der Waals surface area contributed by atoms with Gasteiger partial charge in [0.1, 0.15) is 5.69 Å². The summed E-state index contributed by atoms with van der Waals surface area (Å²) >= 11 is 0. The van der Waals surface area contributed by atoms with Crippen molar-refractivity contribution in [2.24, 2.45) is 0 Å². The van der Waals surface area contributed by atoms with Gasteiger partial charge in [-0.1, -0.05) is 31.2 Å². The molecule has 5 aromatic rings. The molecule has 7 nitrogen and oxygen atoms in total. The predicted molar refractivity (Wildman–Crippen MR) is 153 cm³/mol. The first kappa shape index (κ1) is 24.0. The van der Waals surface area contributed by atoms with Crippen molar-refractivity contribution in [2.45, 2.75) is 32.7 Å². The van der Waals surface area contributed by atoms with Gasteiger partial charge in [-0.2, -0.15) is 5.10 Å². The number of nitrogens with one attached hydrogen (secondary N) is 2. The van der Waals surface area contributed by atoms with Gasteiger partial charge in [0.05, 0.1) is 16.4 Å². The number of likely N-dealkylation sites (tertiary alicyclic amines) is 1. The van der Waals surface area contributed by atoms with Gasteiger partial charge in [-0.3, -0.25) is 20.0 Å². The van der Waals surface area contributed by atoms with Gasteiger partial charge >= 0.3 is 0 Å². The molecular weight excluding hydrogens is 470 g/mol. The Kier molecular flexibility index (Phi) is 6.67. The second-order valence-corrected chi connectivity index (χ2v) is 9.80. The van der Waals surface area contributed by atoms with Crippen LogP contribution in [-0.2, 0) is 6.54 Å². The lowest BCUT2D eigenvalue weighted by atomic mass is 10.0. The highest BCUT2D eigenvalue weighted by Crippen LogP contribution is 2.28. The summed E-state index contributed by atoms with van der Waals surface area (Å²) < 4.78 is 0. The minimum absolute atomic E-state index is 0.710. The molecule has 2 N–H and O–H groups in total. The smallest absolute Gasteiger partial charge is 0.159 e. The van der Waals surface area contributed by atoms with Crippen LogP contribution in [0.4, 0.5) is 0 Å². The van der Waals surface area contributed by atoms with E-state index in [2.05, 4.69) is 54.8 Å². The van der Waals surface area contributed by atoms with Crippen LogP contribution in [0.3, 0.4) is 0 Å². The Morgan fingerprint density at radius 1 is 1.05 bits per heavy atom. The Hall–Kier alpha value is -4.36. The number of hydrogen-bond acceptors (Lipinski definition) is 5. The number of piperidine rings is 1. The monoisotopic (exact) mass is 501 g/mol. The van der Waals surface area contributed by atoms with Gasteiger partial charge in [-0.25, -0.2) is 4.98 Å². The van der Waals surface area contributed by atoms with Crippen LogP contribution in [0.5, 0.6) is 0 Å². The molecule has 0 atom stereocenters. The number of aromatic amines is 2. The van der Waals surface area contributed by atoms with Gasteiger partial charge in [0.15, 0.2) is 5.82 Å². The van der Waals surface area contributed by atoms with E-state index in [-0.39, 0.29) is 0 Å². The summed E-state index contributed by atoms with van der Waals surface area (Å²) in [6, 6.07) is 12.4. The molecule has 7 heteroatoms. The average Bonchev–Trinajstić information content (AvgIpc) is 3.58. The molecule has 190 valence electrons. The predicted octanol–water partition coefficient (Wildman–Crippen LogP) is 4.69. The largest absolute Gasteiger partial charge is 0.337 e. The number of fused-ring (bicyclic) bond motifs is 1. The zero-order valence-electron chi connectivity index (χ0n) is 21.6. The summed E-state index contributed by atoms with van der Waals surface area (Å²) in [4.78, 5) is 19.7. The van der Waals surface area contributed by atoms with E-state index < -0.39 is 0 Å². The molecule has 0 bridgehead atoms. The summed E-state index contributed by atoms with van der Waals surface area (Å²) in [5.74, 6) is 0.710. The van der Waals surface area contributed by atoms with Crippen molar-refractivity contribution in [2.75, 3.05) is 13.1 Å². The van der Waals surface area contributed by atoms with Crippen LogP contribution in [-0.4, -0.2) is 48.1 Å². The van der Waals surface area contributed by atoms with E-state index in [1.165, 1.54) is 24.8 Å². The Balaban J connectivity index is 1.37. The lowest BCUT2D eigenvalue weighted by Gasteiger charge is -2.26. The van der Waals surface area contributed by atoms with Crippen molar-refractivity contribution in [3.63, 3.8) is 0 Å². The zero-order valence-corrected chi connectivity index (χ0v) is 21.6. The molecular formula is C31H31N7. The molecule has 1 aliphatic rings. The standard InChI is InChI=1S/C31H31N7/c1-3-27-26(16-21(2)24-17-22(18-33-19-24)20-38-14-5-4-6-15-38)30(37-36-27)31-34-28-9-7-8-25(29(28)35-31)23-10-12-32-13-11-23/h3,7-13,16-19,36H,2,4-6,14-15,20H2,1H3,(H,34,35)/b26-16+,27-3+. The molecule has 4 aromatic heterocycles. The minimum Gasteiger partial charge on any atom is -0.337 e. The summed E-state index contributed by atoms with van der Waals surface area (Å²) in [6.07, 6.45) is 15.4. The van der Waals surface area contributed by atoms with Crippen molar-refractivity contribution in [1.29, 1.82) is 0 Å². The van der Waals surface area contributed by atoms with E-state index in [1.807, 2.05) is 49.7 Å². The molecule has 0 radical (unpaired) electrons. The fourth-order valence-electron chi connectivity index (χ4n) is 5.20. The zero-order chi connectivity index (χ0) is 25.9. The highest BCUT2D eigenvalue weighted by molar-refractivity contribution is 5.94. The molecule has 38 heavy (non-hydrogen) atoms. The number of para-hydroxylation sites is 1. The lowest BCUT2D eigenvalue weighted by Crippen LogP contribution is -2.29. The minimum atomic E-state index is 0.710. The van der Waals surface area contributed by atoms with Gasteiger partial charge < -0.3 is 4.98 Å². The quantitative estimate of drug-likeness (QED) is 0.353. The van der Waals surface area contributed by atoms with Crippen LogP contribution in [0.15, 0.2) is 67.8 Å². The Morgan fingerprint density at radius 3 is 2.71 bits per heavy atom. The fourth-order valence-corrected chi connectivity index (χ4v) is 5.20. The van der Waals surface area contributed by atoms with Crippen LogP contribution in [0.1, 0.15) is 37.3 Å². The maximum absolute atomic E-state index is 4.99. The molecule has 1 aromatic carbocycles.